The van der Waals surface area contributed by atoms with Crippen LogP contribution >= 0.6 is 11.6 Å². The van der Waals surface area contributed by atoms with E-state index in [0.717, 1.165) is 19.2 Å². The van der Waals surface area contributed by atoms with Crippen molar-refractivity contribution in [3.63, 3.8) is 0 Å². The first kappa shape index (κ1) is 25.8. The van der Waals surface area contributed by atoms with Gasteiger partial charge in [-0.2, -0.15) is 15.0 Å². The van der Waals surface area contributed by atoms with Gasteiger partial charge in [0.05, 0.1) is 24.3 Å². The van der Waals surface area contributed by atoms with E-state index in [0.29, 0.717) is 10.6 Å². The van der Waals surface area contributed by atoms with Crippen LogP contribution in [0.2, 0.25) is 5.02 Å². The lowest BCUT2D eigenvalue weighted by molar-refractivity contribution is -0.0475. The summed E-state index contributed by atoms with van der Waals surface area (Å²) in [6, 6.07) is 3.06. The molecule has 2 amide bonds. The number of pyridine rings is 1. The third-order valence-corrected chi connectivity index (χ3v) is 6.14. The summed E-state index contributed by atoms with van der Waals surface area (Å²) in [6.45, 7) is -0.274. The number of hydroxylamine groups is 2. The molecule has 0 bridgehead atoms. The number of carbonyl (C=O) groups is 2. The number of fused-ring (bicyclic) bond motifs is 2. The van der Waals surface area contributed by atoms with Crippen LogP contribution in [0.3, 0.4) is 0 Å². The fourth-order valence-electron chi connectivity index (χ4n) is 4.09. The smallest absolute Gasteiger partial charge is 0.429 e. The van der Waals surface area contributed by atoms with E-state index in [2.05, 4.69) is 19.8 Å². The molecule has 2 aliphatic rings. The Labute approximate surface area is 217 Å². The number of ether oxygens (including phenoxy) is 4. The number of H-pyrrole nitrogens is 1. The SMILES string of the molecule is CN(OC(N)=O)C(=O)c1cc(F)c(COc2nc3nc(O[C@@H]4COC5[C@H](O)CO[C@@H]54)[nH]c3cc2Cl)c(F)c1. The Kier molecular flexibility index (Phi) is 6.92. The first-order chi connectivity index (χ1) is 18.1. The zero-order valence-electron chi connectivity index (χ0n) is 19.5. The number of carbonyl (C=O) groups excluding carboxylic acids is 2. The van der Waals surface area contributed by atoms with Crippen molar-refractivity contribution in [2.75, 3.05) is 20.3 Å². The molecule has 4 heterocycles. The van der Waals surface area contributed by atoms with E-state index in [-0.39, 0.29) is 35.8 Å². The molecule has 38 heavy (non-hydrogen) atoms. The quantitative estimate of drug-likeness (QED) is 0.378. The number of nitrogens with zero attached hydrogens (tertiary/aromatic N) is 3. The number of aromatic nitrogens is 3. The summed E-state index contributed by atoms with van der Waals surface area (Å²) in [5, 5.41) is 10.3. The van der Waals surface area contributed by atoms with Crippen molar-refractivity contribution in [3.8, 4) is 11.9 Å². The van der Waals surface area contributed by atoms with Crippen molar-refractivity contribution in [2.45, 2.75) is 31.0 Å². The third-order valence-electron chi connectivity index (χ3n) is 5.87. The van der Waals surface area contributed by atoms with Gasteiger partial charge in [0.2, 0.25) is 5.88 Å². The van der Waals surface area contributed by atoms with Gasteiger partial charge in [-0.15, -0.1) is 0 Å². The number of aromatic amines is 1. The summed E-state index contributed by atoms with van der Waals surface area (Å²) in [5.41, 5.74) is 4.46. The summed E-state index contributed by atoms with van der Waals surface area (Å²) >= 11 is 6.23. The number of aliphatic hydroxyl groups is 1. The number of imidazole rings is 1. The van der Waals surface area contributed by atoms with Crippen LogP contribution in [-0.2, 0) is 20.9 Å². The lowest BCUT2D eigenvalue weighted by Gasteiger charge is -2.15. The highest BCUT2D eigenvalue weighted by Crippen LogP contribution is 2.31. The maximum absolute atomic E-state index is 14.6. The third kappa shape index (κ3) is 5.00. The van der Waals surface area contributed by atoms with E-state index >= 15 is 0 Å². The Morgan fingerprint density at radius 1 is 1.21 bits per heavy atom. The predicted molar refractivity (Wildman–Crippen MR) is 122 cm³/mol. The Hall–Kier alpha value is -3.79. The molecule has 2 fully saturated rings. The number of benzene rings is 1. The number of primary amides is 1. The normalized spacial score (nSPS) is 22.3. The Balaban J connectivity index is 1.28. The number of hydrogen-bond acceptors (Lipinski definition) is 10. The second-order valence-electron chi connectivity index (χ2n) is 8.43. The minimum atomic E-state index is -1.27. The van der Waals surface area contributed by atoms with Crippen LogP contribution in [0.4, 0.5) is 13.6 Å². The largest absolute Gasteiger partial charge is 0.471 e. The van der Waals surface area contributed by atoms with E-state index in [1.807, 2.05) is 0 Å². The highest BCUT2D eigenvalue weighted by atomic mass is 35.5. The number of aliphatic hydroxyl groups excluding tert-OH is 1. The fourth-order valence-corrected chi connectivity index (χ4v) is 4.29. The Bertz CT molecular complexity index is 1380. The first-order valence-corrected chi connectivity index (χ1v) is 11.5. The molecule has 0 aliphatic carbocycles. The molecule has 2 aromatic heterocycles. The molecule has 2 aliphatic heterocycles. The van der Waals surface area contributed by atoms with Crippen LogP contribution in [0.5, 0.6) is 11.9 Å². The molecule has 16 heteroatoms. The average Bonchev–Trinajstić information content (AvgIpc) is 3.54. The molecule has 0 saturated carbocycles. The van der Waals surface area contributed by atoms with Gasteiger partial charge >= 0.3 is 6.09 Å². The summed E-state index contributed by atoms with van der Waals surface area (Å²) in [6.07, 6.45) is -3.43. The van der Waals surface area contributed by atoms with Crippen LogP contribution in [0.15, 0.2) is 18.2 Å². The van der Waals surface area contributed by atoms with Crippen molar-refractivity contribution < 1.29 is 47.3 Å². The summed E-state index contributed by atoms with van der Waals surface area (Å²) in [7, 11) is 1.06. The van der Waals surface area contributed by atoms with Crippen molar-refractivity contribution in [3.05, 3.63) is 46.0 Å². The van der Waals surface area contributed by atoms with Crippen molar-refractivity contribution in [1.82, 2.24) is 20.0 Å². The van der Waals surface area contributed by atoms with Gasteiger partial charge in [0.15, 0.2) is 11.8 Å². The van der Waals surface area contributed by atoms with Gasteiger partial charge in [-0.05, 0) is 18.2 Å². The molecule has 3 aromatic rings. The average molecular weight is 556 g/mol. The molecule has 4 atom stereocenters. The van der Waals surface area contributed by atoms with Gasteiger partial charge < -0.3 is 39.6 Å². The van der Waals surface area contributed by atoms with Crippen molar-refractivity contribution in [2.24, 2.45) is 5.73 Å². The van der Waals surface area contributed by atoms with E-state index in [1.165, 1.54) is 6.07 Å². The van der Waals surface area contributed by atoms with Gasteiger partial charge in [0.25, 0.3) is 11.9 Å². The van der Waals surface area contributed by atoms with Crippen LogP contribution in [-0.4, -0.2) is 81.8 Å². The summed E-state index contributed by atoms with van der Waals surface area (Å²) in [5.74, 6) is -3.34. The highest BCUT2D eigenvalue weighted by molar-refractivity contribution is 6.32. The zero-order chi connectivity index (χ0) is 27.1. The van der Waals surface area contributed by atoms with Crippen LogP contribution in [0.25, 0.3) is 11.2 Å². The summed E-state index contributed by atoms with van der Waals surface area (Å²) < 4.78 is 51.5. The lowest BCUT2D eigenvalue weighted by Crippen LogP contribution is -2.34. The van der Waals surface area contributed by atoms with Crippen LogP contribution < -0.4 is 15.2 Å². The maximum Gasteiger partial charge on any atom is 0.429 e. The first-order valence-electron chi connectivity index (χ1n) is 11.1. The monoisotopic (exact) mass is 555 g/mol. The van der Waals surface area contributed by atoms with Crippen LogP contribution in [0, 0.1) is 11.6 Å². The van der Waals surface area contributed by atoms with Crippen molar-refractivity contribution in [1.29, 1.82) is 0 Å². The molecule has 2 saturated heterocycles. The van der Waals surface area contributed by atoms with Gasteiger partial charge in [-0.3, -0.25) is 4.79 Å². The number of rotatable bonds is 6. The minimum Gasteiger partial charge on any atom is -0.471 e. The van der Waals surface area contributed by atoms with E-state index in [9.17, 15) is 23.5 Å². The Morgan fingerprint density at radius 2 is 1.92 bits per heavy atom. The molecular formula is C22H20ClF2N5O8. The fraction of sp³-hybridized carbons (Fsp3) is 0.364. The Morgan fingerprint density at radius 3 is 2.63 bits per heavy atom. The molecule has 5 rings (SSSR count). The van der Waals surface area contributed by atoms with Crippen molar-refractivity contribution >= 4 is 34.8 Å². The molecule has 0 radical (unpaired) electrons. The van der Waals surface area contributed by atoms with Crippen LogP contribution in [0.1, 0.15) is 15.9 Å². The summed E-state index contributed by atoms with van der Waals surface area (Å²) in [4.78, 5) is 38.7. The molecule has 4 N–H and O–H groups in total. The number of halogens is 3. The predicted octanol–water partition coefficient (Wildman–Crippen LogP) is 1.46. The minimum absolute atomic E-state index is 0.0250. The molecular weight excluding hydrogens is 536 g/mol. The van der Waals surface area contributed by atoms with E-state index in [1.54, 1.807) is 0 Å². The second kappa shape index (κ2) is 10.2. The number of amides is 2. The zero-order valence-corrected chi connectivity index (χ0v) is 20.3. The molecule has 0 spiro atoms. The van der Waals surface area contributed by atoms with Gasteiger partial charge in [-0.1, -0.05) is 11.6 Å². The highest BCUT2D eigenvalue weighted by Gasteiger charge is 2.48. The molecule has 13 nitrogen and oxygen atoms in total. The molecule has 1 aromatic carbocycles. The molecule has 1 unspecified atom stereocenters. The van der Waals surface area contributed by atoms with Gasteiger partial charge in [0.1, 0.15) is 41.6 Å². The standard InChI is InChI=1S/C22H20ClF2N5O8/c1-30(38-21(26)33)20(32)8-2-11(24)9(12(25)3-8)5-36-19-10(23)4-13-18(28-19)29-22(27-13)37-15-7-35-16-14(31)6-34-17(15)16/h2-4,14-17,31H,5-7H2,1H3,(H2,26,33)(H,27,28,29)/t14-,15-,16?,17-/m1/s1. The lowest BCUT2D eigenvalue weighted by atomic mass is 10.1. The molecule has 202 valence electrons. The maximum atomic E-state index is 14.6. The van der Waals surface area contributed by atoms with E-state index < -0.39 is 65.8 Å². The van der Waals surface area contributed by atoms with Gasteiger partial charge in [-0.25, -0.2) is 13.6 Å². The number of nitrogens with one attached hydrogen (secondary N) is 1. The number of hydrogen-bond donors (Lipinski definition) is 3. The van der Waals surface area contributed by atoms with Gasteiger partial charge in [0, 0.05) is 12.6 Å². The number of nitrogens with two attached hydrogens (primary N) is 1. The second-order valence-corrected chi connectivity index (χ2v) is 8.84. The van der Waals surface area contributed by atoms with E-state index in [4.69, 9.17) is 36.3 Å². The topological polar surface area (TPSA) is 171 Å².